The van der Waals surface area contributed by atoms with Crippen LogP contribution in [0.3, 0.4) is 0 Å². The summed E-state index contributed by atoms with van der Waals surface area (Å²) >= 11 is 0. The van der Waals surface area contributed by atoms with Crippen LogP contribution < -0.4 is 11.1 Å². The lowest BCUT2D eigenvalue weighted by Gasteiger charge is -2.20. The molecule has 0 atom stereocenters. The van der Waals surface area contributed by atoms with Gasteiger partial charge in [-0.15, -0.1) is 0 Å². The molecule has 2 aromatic rings. The molecule has 0 fully saturated rings. The van der Waals surface area contributed by atoms with Gasteiger partial charge in [-0.25, -0.2) is 0 Å². The highest BCUT2D eigenvalue weighted by atomic mass is 15.2. The summed E-state index contributed by atoms with van der Waals surface area (Å²) in [4.78, 5) is 11.9. The van der Waals surface area contributed by atoms with Crippen LogP contribution in [-0.4, -0.2) is 20.5 Å². The van der Waals surface area contributed by atoms with E-state index in [1.165, 1.54) is 0 Å². The van der Waals surface area contributed by atoms with E-state index in [9.17, 15) is 10.5 Å². The van der Waals surface area contributed by atoms with Gasteiger partial charge in [0.15, 0.2) is 11.7 Å². The van der Waals surface area contributed by atoms with E-state index in [1.807, 2.05) is 6.07 Å². The molecule has 0 unspecified atom stereocenters. The highest BCUT2D eigenvalue weighted by Gasteiger charge is 2.41. The number of hydrogen-bond donors (Lipinski definition) is 2. The topological polar surface area (TPSA) is 172 Å². The fourth-order valence-electron chi connectivity index (χ4n) is 1.85. The summed E-state index contributed by atoms with van der Waals surface area (Å²) in [6.45, 7) is 0. The van der Waals surface area contributed by atoms with Crippen LogP contribution in [-0.2, 0) is 0 Å². The average Bonchev–Trinajstić information content (AvgIpc) is 2.62. The SMILES string of the molecule is N#CC(C#N)C(C#N)(C#N)Nc1nc(N)nc(-c2ccccc2)n1. The number of nitrogens with two attached hydrogens (primary N) is 1. The molecule has 0 amide bonds. The first-order chi connectivity index (χ1) is 11.6. The van der Waals surface area contributed by atoms with Gasteiger partial charge in [-0.3, -0.25) is 0 Å². The Morgan fingerprint density at radius 2 is 1.58 bits per heavy atom. The lowest BCUT2D eigenvalue weighted by Crippen LogP contribution is -2.42. The van der Waals surface area contributed by atoms with Gasteiger partial charge >= 0.3 is 0 Å². The van der Waals surface area contributed by atoms with Crippen molar-refractivity contribution in [3.8, 4) is 35.7 Å². The van der Waals surface area contributed by atoms with E-state index in [1.54, 1.807) is 48.5 Å². The van der Waals surface area contributed by atoms with E-state index in [4.69, 9.17) is 16.3 Å². The van der Waals surface area contributed by atoms with Gasteiger partial charge in [0.05, 0.1) is 12.1 Å². The molecule has 1 heterocycles. The lowest BCUT2D eigenvalue weighted by atomic mass is 9.88. The van der Waals surface area contributed by atoms with Gasteiger partial charge in [0.1, 0.15) is 12.1 Å². The minimum absolute atomic E-state index is 0.137. The van der Waals surface area contributed by atoms with Gasteiger partial charge in [0.2, 0.25) is 17.4 Å². The van der Waals surface area contributed by atoms with Crippen molar-refractivity contribution >= 4 is 11.9 Å². The monoisotopic (exact) mass is 315 g/mol. The summed E-state index contributed by atoms with van der Waals surface area (Å²) in [5.74, 6) is -1.65. The van der Waals surface area contributed by atoms with E-state index in [-0.39, 0.29) is 17.7 Å². The fraction of sp³-hybridized carbons (Fsp3) is 0.133. The summed E-state index contributed by atoms with van der Waals surface area (Å²) in [6, 6.07) is 15.3. The molecule has 0 spiro atoms. The van der Waals surface area contributed by atoms with Crippen molar-refractivity contribution in [1.82, 2.24) is 15.0 Å². The number of nitrogen functional groups attached to an aromatic ring is 1. The number of hydrogen-bond acceptors (Lipinski definition) is 9. The molecule has 0 radical (unpaired) electrons. The van der Waals surface area contributed by atoms with E-state index in [2.05, 4.69) is 20.3 Å². The number of rotatable bonds is 4. The van der Waals surface area contributed by atoms with Gasteiger partial charge in [-0.1, -0.05) is 30.3 Å². The first-order valence-corrected chi connectivity index (χ1v) is 6.55. The van der Waals surface area contributed by atoms with Crippen LogP contribution in [0, 0.1) is 51.2 Å². The number of anilines is 2. The first-order valence-electron chi connectivity index (χ1n) is 6.55. The molecule has 114 valence electrons. The Kier molecular flexibility index (Phi) is 4.51. The second-order valence-corrected chi connectivity index (χ2v) is 4.55. The van der Waals surface area contributed by atoms with E-state index < -0.39 is 11.5 Å². The molecule has 0 saturated heterocycles. The lowest BCUT2D eigenvalue weighted by molar-refractivity contribution is 0.640. The summed E-state index contributed by atoms with van der Waals surface area (Å²) < 4.78 is 0. The van der Waals surface area contributed by atoms with Crippen molar-refractivity contribution in [3.05, 3.63) is 30.3 Å². The Balaban J connectivity index is 2.49. The molecule has 1 aromatic carbocycles. The second kappa shape index (κ2) is 6.70. The van der Waals surface area contributed by atoms with E-state index in [0.29, 0.717) is 5.56 Å². The Morgan fingerprint density at radius 3 is 2.12 bits per heavy atom. The maximum Gasteiger partial charge on any atom is 0.244 e. The number of nitriles is 4. The summed E-state index contributed by atoms with van der Waals surface area (Å²) in [7, 11) is 0. The van der Waals surface area contributed by atoms with Crippen molar-refractivity contribution < 1.29 is 0 Å². The third-order valence-corrected chi connectivity index (χ3v) is 3.04. The summed E-state index contributed by atoms with van der Waals surface area (Å²) in [5, 5.41) is 39.0. The average molecular weight is 315 g/mol. The summed E-state index contributed by atoms with van der Waals surface area (Å²) in [5.41, 5.74) is 4.15. The van der Waals surface area contributed by atoms with Crippen molar-refractivity contribution in [2.75, 3.05) is 11.1 Å². The standard InChI is InChI=1S/C15H9N9/c16-6-11(7-17)15(8-18,9-19)24-14-22-12(21-13(20)23-14)10-4-2-1-3-5-10/h1-5,11H,(H3,20,21,22,23,24). The molecule has 1 aromatic heterocycles. The first kappa shape index (κ1) is 16.2. The largest absolute Gasteiger partial charge is 0.368 e. The van der Waals surface area contributed by atoms with Gasteiger partial charge in [0, 0.05) is 5.56 Å². The minimum Gasteiger partial charge on any atom is -0.368 e. The third kappa shape index (κ3) is 3.01. The molecule has 24 heavy (non-hydrogen) atoms. The van der Waals surface area contributed by atoms with Crippen LogP contribution in [0.15, 0.2) is 30.3 Å². The Labute approximate surface area is 137 Å². The van der Waals surface area contributed by atoms with Crippen molar-refractivity contribution in [3.63, 3.8) is 0 Å². The zero-order valence-corrected chi connectivity index (χ0v) is 12.2. The molecular weight excluding hydrogens is 306 g/mol. The second-order valence-electron chi connectivity index (χ2n) is 4.55. The smallest absolute Gasteiger partial charge is 0.244 e. The van der Waals surface area contributed by atoms with Crippen LogP contribution in [0.5, 0.6) is 0 Å². The molecule has 0 aliphatic carbocycles. The molecule has 9 heteroatoms. The van der Waals surface area contributed by atoms with Crippen LogP contribution in [0.25, 0.3) is 11.4 Å². The molecule has 9 nitrogen and oxygen atoms in total. The number of benzene rings is 1. The highest BCUT2D eigenvalue weighted by molar-refractivity contribution is 5.58. The van der Waals surface area contributed by atoms with Gasteiger partial charge in [-0.2, -0.15) is 36.0 Å². The molecule has 0 bridgehead atoms. The normalized spacial score (nSPS) is 10.0. The van der Waals surface area contributed by atoms with E-state index in [0.717, 1.165) is 0 Å². The van der Waals surface area contributed by atoms with Crippen molar-refractivity contribution in [1.29, 1.82) is 21.0 Å². The molecule has 0 saturated carbocycles. The molecule has 2 rings (SSSR count). The maximum atomic E-state index is 9.29. The number of nitrogens with one attached hydrogen (secondary N) is 1. The van der Waals surface area contributed by atoms with Gasteiger partial charge in [0.25, 0.3) is 0 Å². The van der Waals surface area contributed by atoms with Crippen LogP contribution in [0.2, 0.25) is 0 Å². The fourth-order valence-corrected chi connectivity index (χ4v) is 1.85. The Hall–Kier alpha value is -4.21. The van der Waals surface area contributed by atoms with Crippen LogP contribution in [0.4, 0.5) is 11.9 Å². The van der Waals surface area contributed by atoms with Crippen LogP contribution >= 0.6 is 0 Å². The maximum absolute atomic E-state index is 9.29. The third-order valence-electron chi connectivity index (χ3n) is 3.04. The molecular formula is C15H9N9. The molecule has 3 N–H and O–H groups in total. The quantitative estimate of drug-likeness (QED) is 0.833. The highest BCUT2D eigenvalue weighted by Crippen LogP contribution is 2.22. The zero-order valence-electron chi connectivity index (χ0n) is 12.2. The predicted molar refractivity (Wildman–Crippen MR) is 82.0 cm³/mol. The Morgan fingerprint density at radius 1 is 0.958 bits per heavy atom. The minimum atomic E-state index is -2.13. The van der Waals surface area contributed by atoms with E-state index >= 15 is 0 Å². The van der Waals surface area contributed by atoms with Crippen molar-refractivity contribution in [2.45, 2.75) is 5.54 Å². The van der Waals surface area contributed by atoms with Gasteiger partial charge in [-0.05, 0) is 0 Å². The summed E-state index contributed by atoms with van der Waals surface area (Å²) in [6.07, 6.45) is 0. The van der Waals surface area contributed by atoms with Crippen molar-refractivity contribution in [2.24, 2.45) is 5.92 Å². The molecule has 0 aliphatic rings. The number of aromatic nitrogens is 3. The zero-order chi connectivity index (χ0) is 17.6. The Bertz CT molecular complexity index is 881. The number of nitrogens with zero attached hydrogens (tertiary/aromatic N) is 7. The molecule has 0 aliphatic heterocycles. The predicted octanol–water partition coefficient (Wildman–Crippen LogP) is 0.982. The van der Waals surface area contributed by atoms with Gasteiger partial charge < -0.3 is 11.1 Å². The van der Waals surface area contributed by atoms with Crippen LogP contribution in [0.1, 0.15) is 0 Å².